The van der Waals surface area contributed by atoms with Crippen LogP contribution in [0.5, 0.6) is 0 Å². The Morgan fingerprint density at radius 1 is 1.89 bits per heavy atom. The van der Waals surface area contributed by atoms with Crippen molar-refractivity contribution in [3.63, 3.8) is 0 Å². The summed E-state index contributed by atoms with van der Waals surface area (Å²) < 4.78 is 5.71. The molecule has 1 N–H and O–H groups in total. The summed E-state index contributed by atoms with van der Waals surface area (Å²) in [6.07, 6.45) is 0. The van der Waals surface area contributed by atoms with Crippen molar-refractivity contribution >= 4 is 18.8 Å². The van der Waals surface area contributed by atoms with Crippen LogP contribution in [0.4, 0.5) is 4.79 Å². The Bertz CT molecular complexity index is 96.6. The molecule has 0 aliphatic rings. The zero-order valence-electron chi connectivity index (χ0n) is 5.42. The van der Waals surface area contributed by atoms with Gasteiger partial charge in [-0.3, -0.25) is 4.31 Å². The Balaban J connectivity index is 3.28. The summed E-state index contributed by atoms with van der Waals surface area (Å²) in [7, 11) is 3.03. The van der Waals surface area contributed by atoms with E-state index in [1.54, 1.807) is 0 Å². The molecule has 0 heterocycles. The van der Waals surface area contributed by atoms with E-state index in [2.05, 4.69) is 22.9 Å². The summed E-state index contributed by atoms with van der Waals surface area (Å²) in [5.74, 6) is 0. The third-order valence-corrected chi connectivity index (χ3v) is 0.843. The second kappa shape index (κ2) is 4.46. The molecule has 0 bridgehead atoms. The van der Waals surface area contributed by atoms with Crippen molar-refractivity contribution in [3.8, 4) is 0 Å². The molecular formula is C4H10N2O2S. The van der Waals surface area contributed by atoms with Gasteiger partial charge in [-0.25, -0.2) is 4.79 Å². The first kappa shape index (κ1) is 8.58. The molecule has 0 atom stereocenters. The van der Waals surface area contributed by atoms with E-state index in [0.717, 1.165) is 4.31 Å². The molecule has 0 spiro atoms. The minimum atomic E-state index is -0.278. The molecule has 0 fully saturated rings. The molecule has 0 aromatic heterocycles. The summed E-state index contributed by atoms with van der Waals surface area (Å²) in [6.45, 7) is 0.212. The highest BCUT2D eigenvalue weighted by atomic mass is 32.1. The number of rotatable bonds is 2. The number of nitrogens with one attached hydrogen (secondary N) is 1. The van der Waals surface area contributed by atoms with E-state index in [4.69, 9.17) is 0 Å². The van der Waals surface area contributed by atoms with Crippen LogP contribution in [-0.4, -0.2) is 31.2 Å². The van der Waals surface area contributed by atoms with Crippen molar-refractivity contribution in [1.82, 2.24) is 9.62 Å². The van der Waals surface area contributed by atoms with Gasteiger partial charge in [0.25, 0.3) is 0 Å². The smallest absolute Gasteiger partial charge is 0.328 e. The van der Waals surface area contributed by atoms with Gasteiger partial charge in [-0.2, -0.15) is 0 Å². The van der Waals surface area contributed by atoms with Crippen molar-refractivity contribution in [3.05, 3.63) is 0 Å². The first-order valence-electron chi connectivity index (χ1n) is 2.38. The summed E-state index contributed by atoms with van der Waals surface area (Å²) >= 11 is 3.73. The van der Waals surface area contributed by atoms with Gasteiger partial charge in [0, 0.05) is 14.2 Å². The molecule has 0 saturated carbocycles. The van der Waals surface area contributed by atoms with Crippen molar-refractivity contribution in [2.45, 2.75) is 0 Å². The molecule has 0 saturated heterocycles. The number of carbonyl (C=O) groups is 1. The number of nitrogens with zero attached hydrogens (tertiary/aromatic N) is 1. The molecule has 9 heavy (non-hydrogen) atoms. The fourth-order valence-electron chi connectivity index (χ4n) is 0.248. The van der Waals surface area contributed by atoms with Crippen molar-refractivity contribution < 1.29 is 9.53 Å². The fourth-order valence-corrected chi connectivity index (χ4v) is 0.319. The van der Waals surface area contributed by atoms with Crippen LogP contribution >= 0.6 is 12.8 Å². The number of urea groups is 1. The Kier molecular flexibility index (Phi) is 4.25. The summed E-state index contributed by atoms with van der Waals surface area (Å²) in [5.41, 5.74) is 0. The lowest BCUT2D eigenvalue weighted by Crippen LogP contribution is -2.32. The first-order valence-corrected chi connectivity index (χ1v) is 2.78. The Labute approximate surface area is 59.7 Å². The topological polar surface area (TPSA) is 41.6 Å². The standard InChI is InChI=1S/C4H10N2O2S/c1-6(9)4(7)5-3-8-2/h9H,3H2,1-2H3,(H,5,7). The molecule has 4 nitrogen and oxygen atoms in total. The molecule has 0 aromatic carbocycles. The van der Waals surface area contributed by atoms with E-state index in [1.807, 2.05) is 0 Å². The van der Waals surface area contributed by atoms with E-state index >= 15 is 0 Å². The van der Waals surface area contributed by atoms with Gasteiger partial charge in [0.15, 0.2) is 0 Å². The molecule has 0 aromatic rings. The minimum absolute atomic E-state index is 0.212. The summed E-state index contributed by atoms with van der Waals surface area (Å²) in [6, 6.07) is -0.278. The molecular weight excluding hydrogens is 140 g/mol. The molecule has 0 radical (unpaired) electrons. The molecule has 2 amide bonds. The van der Waals surface area contributed by atoms with Crippen molar-refractivity contribution in [2.24, 2.45) is 0 Å². The molecule has 0 aliphatic heterocycles. The van der Waals surface area contributed by atoms with Gasteiger partial charge in [0.1, 0.15) is 6.73 Å². The maximum atomic E-state index is 10.6. The SMILES string of the molecule is COCNC(=O)N(C)S. The van der Waals surface area contributed by atoms with Crippen LogP contribution in [0.15, 0.2) is 0 Å². The molecule has 0 aliphatic carbocycles. The number of ether oxygens (including phenoxy) is 1. The fraction of sp³-hybridized carbons (Fsp3) is 0.750. The van der Waals surface area contributed by atoms with E-state index in [1.165, 1.54) is 14.2 Å². The highest BCUT2D eigenvalue weighted by Gasteiger charge is 1.99. The van der Waals surface area contributed by atoms with Crippen molar-refractivity contribution in [2.75, 3.05) is 20.9 Å². The lowest BCUT2D eigenvalue weighted by atomic mass is 10.9. The number of amides is 2. The highest BCUT2D eigenvalue weighted by molar-refractivity contribution is 7.78. The quantitative estimate of drug-likeness (QED) is 0.432. The second-order valence-corrected chi connectivity index (χ2v) is 2.04. The first-order chi connectivity index (χ1) is 4.18. The number of hydrogen-bond acceptors (Lipinski definition) is 3. The lowest BCUT2D eigenvalue weighted by Gasteiger charge is -2.08. The van der Waals surface area contributed by atoms with Crippen LogP contribution in [-0.2, 0) is 4.74 Å². The molecule has 54 valence electrons. The molecule has 5 heteroatoms. The van der Waals surface area contributed by atoms with E-state index in [0.29, 0.717) is 0 Å². The maximum Gasteiger partial charge on any atom is 0.328 e. The van der Waals surface area contributed by atoms with Gasteiger partial charge in [-0.15, -0.1) is 0 Å². The monoisotopic (exact) mass is 150 g/mol. The summed E-state index contributed by atoms with van der Waals surface area (Å²) in [5, 5.41) is 2.42. The van der Waals surface area contributed by atoms with Crippen LogP contribution in [0.3, 0.4) is 0 Å². The van der Waals surface area contributed by atoms with E-state index in [9.17, 15) is 4.79 Å². The average Bonchev–Trinajstić information content (AvgIpc) is 1.82. The second-order valence-electron chi connectivity index (χ2n) is 1.44. The van der Waals surface area contributed by atoms with Gasteiger partial charge in [-0.05, 0) is 0 Å². The number of methoxy groups -OCH3 is 1. The van der Waals surface area contributed by atoms with Gasteiger partial charge in [0.2, 0.25) is 0 Å². The number of carbonyl (C=O) groups excluding carboxylic acids is 1. The molecule has 0 rings (SSSR count). The predicted molar refractivity (Wildman–Crippen MR) is 37.2 cm³/mol. The van der Waals surface area contributed by atoms with Crippen LogP contribution in [0.1, 0.15) is 0 Å². The Morgan fingerprint density at radius 3 is 2.78 bits per heavy atom. The maximum absolute atomic E-state index is 10.6. The normalized spacial score (nSPS) is 8.78. The lowest BCUT2D eigenvalue weighted by molar-refractivity contribution is 0.168. The average molecular weight is 150 g/mol. The van der Waals surface area contributed by atoms with E-state index in [-0.39, 0.29) is 12.8 Å². The number of hydrogen-bond donors (Lipinski definition) is 2. The van der Waals surface area contributed by atoms with Gasteiger partial charge < -0.3 is 10.1 Å². The Hall–Kier alpha value is -0.420. The Morgan fingerprint density at radius 2 is 2.44 bits per heavy atom. The molecule has 0 unspecified atom stereocenters. The van der Waals surface area contributed by atoms with Crippen molar-refractivity contribution in [1.29, 1.82) is 0 Å². The third-order valence-electron chi connectivity index (χ3n) is 0.662. The largest absolute Gasteiger partial charge is 0.364 e. The summed E-state index contributed by atoms with van der Waals surface area (Å²) in [4.78, 5) is 10.6. The predicted octanol–water partition coefficient (Wildman–Crippen LogP) is 0.0765. The number of thiol groups is 1. The van der Waals surface area contributed by atoms with Gasteiger partial charge in [0.05, 0.1) is 0 Å². The highest BCUT2D eigenvalue weighted by Crippen LogP contribution is 1.85. The zero-order chi connectivity index (χ0) is 7.28. The van der Waals surface area contributed by atoms with Crippen LogP contribution in [0.2, 0.25) is 0 Å². The van der Waals surface area contributed by atoms with Crippen LogP contribution < -0.4 is 5.32 Å². The van der Waals surface area contributed by atoms with Gasteiger partial charge >= 0.3 is 6.03 Å². The van der Waals surface area contributed by atoms with E-state index < -0.39 is 0 Å². The van der Waals surface area contributed by atoms with Gasteiger partial charge in [-0.1, -0.05) is 12.8 Å². The minimum Gasteiger partial charge on any atom is -0.364 e. The third kappa shape index (κ3) is 4.11. The van der Waals surface area contributed by atoms with Crippen LogP contribution in [0, 0.1) is 0 Å². The van der Waals surface area contributed by atoms with Crippen LogP contribution in [0.25, 0.3) is 0 Å². The zero-order valence-corrected chi connectivity index (χ0v) is 6.31.